The molecule has 0 amide bonds. The number of benzene rings is 1. The molecule has 168 valence electrons. The summed E-state index contributed by atoms with van der Waals surface area (Å²) in [7, 11) is 0. The van der Waals surface area contributed by atoms with Crippen LogP contribution >= 0.6 is 0 Å². The number of nitriles is 1. The van der Waals surface area contributed by atoms with Crippen molar-refractivity contribution in [3.05, 3.63) is 34.7 Å². The van der Waals surface area contributed by atoms with Crippen molar-refractivity contribution in [1.82, 2.24) is 0 Å². The van der Waals surface area contributed by atoms with E-state index in [-0.39, 0.29) is 12.1 Å². The number of fused-ring (bicyclic) bond motifs is 3. The van der Waals surface area contributed by atoms with E-state index in [9.17, 15) is 30.7 Å². The van der Waals surface area contributed by atoms with E-state index < -0.39 is 83.2 Å². The molecule has 0 heterocycles. The SMILES string of the molecule is [C-]#[N+]c1c(C(F)(F)F)ccc(OC(F)(F)C23CCC(C)(CC2)C(F)(F)C3(F)F)c1C#N. The number of rotatable bonds is 3. The van der Waals surface area contributed by atoms with Crippen molar-refractivity contribution in [3.63, 3.8) is 0 Å². The van der Waals surface area contributed by atoms with Crippen molar-refractivity contribution < 1.29 is 44.3 Å². The normalized spacial score (nSPS) is 29.2. The Labute approximate surface area is 170 Å². The highest BCUT2D eigenvalue weighted by Crippen LogP contribution is 2.73. The highest BCUT2D eigenvalue weighted by Gasteiger charge is 2.86. The Morgan fingerprint density at radius 2 is 1.55 bits per heavy atom. The molecular formula is C19H13F9N2O. The molecule has 0 aliphatic heterocycles. The molecule has 1 aromatic carbocycles. The molecule has 4 rings (SSSR count). The minimum atomic E-state index is -5.20. The van der Waals surface area contributed by atoms with E-state index in [0.29, 0.717) is 0 Å². The van der Waals surface area contributed by atoms with Gasteiger partial charge < -0.3 is 4.74 Å². The van der Waals surface area contributed by atoms with Crippen LogP contribution in [0.5, 0.6) is 5.75 Å². The maximum absolute atomic E-state index is 15.1. The molecule has 0 N–H and O–H groups in total. The Bertz CT molecular complexity index is 993. The lowest BCUT2D eigenvalue weighted by Gasteiger charge is -2.60. The molecule has 1 aromatic rings. The molecule has 0 atom stereocenters. The lowest BCUT2D eigenvalue weighted by atomic mass is 9.50. The Balaban J connectivity index is 2.12. The highest BCUT2D eigenvalue weighted by atomic mass is 19.4. The average Bonchev–Trinajstić information content (AvgIpc) is 2.65. The fourth-order valence-corrected chi connectivity index (χ4v) is 4.36. The summed E-state index contributed by atoms with van der Waals surface area (Å²) in [6.07, 6.45) is -13.5. The number of ether oxygens (including phenoxy) is 1. The van der Waals surface area contributed by atoms with E-state index in [0.717, 1.165) is 13.0 Å². The first-order chi connectivity index (χ1) is 14.0. The first-order valence-electron chi connectivity index (χ1n) is 8.85. The summed E-state index contributed by atoms with van der Waals surface area (Å²) in [5.41, 5.74) is -10.1. The van der Waals surface area contributed by atoms with Gasteiger partial charge in [-0.25, -0.2) is 4.85 Å². The lowest BCUT2D eigenvalue weighted by molar-refractivity contribution is -0.429. The molecule has 0 unspecified atom stereocenters. The number of halogens is 9. The van der Waals surface area contributed by atoms with Gasteiger partial charge in [-0.15, -0.1) is 0 Å². The lowest BCUT2D eigenvalue weighted by Crippen LogP contribution is -2.74. The summed E-state index contributed by atoms with van der Waals surface area (Å²) >= 11 is 0. The van der Waals surface area contributed by atoms with E-state index >= 15 is 8.78 Å². The third kappa shape index (κ3) is 2.80. The van der Waals surface area contributed by atoms with Gasteiger partial charge >= 0.3 is 24.1 Å². The third-order valence-corrected chi connectivity index (χ3v) is 6.42. The second-order valence-corrected chi connectivity index (χ2v) is 7.97. The molecule has 0 saturated heterocycles. The van der Waals surface area contributed by atoms with Crippen LogP contribution in [-0.2, 0) is 6.18 Å². The van der Waals surface area contributed by atoms with Crippen LogP contribution in [0, 0.1) is 28.7 Å². The van der Waals surface area contributed by atoms with Gasteiger partial charge in [0.1, 0.15) is 16.7 Å². The minimum absolute atomic E-state index is 0.183. The van der Waals surface area contributed by atoms with Crippen LogP contribution in [0.3, 0.4) is 0 Å². The zero-order valence-corrected chi connectivity index (χ0v) is 15.7. The quantitative estimate of drug-likeness (QED) is 0.365. The number of alkyl halides is 9. The topological polar surface area (TPSA) is 37.4 Å². The van der Waals surface area contributed by atoms with Crippen molar-refractivity contribution in [1.29, 1.82) is 5.26 Å². The van der Waals surface area contributed by atoms with Crippen LogP contribution in [0.1, 0.15) is 43.7 Å². The van der Waals surface area contributed by atoms with E-state index in [1.54, 1.807) is 0 Å². The van der Waals surface area contributed by atoms with Crippen LogP contribution in [0.2, 0.25) is 0 Å². The van der Waals surface area contributed by atoms with Crippen LogP contribution < -0.4 is 4.74 Å². The van der Waals surface area contributed by atoms with Gasteiger partial charge in [-0.1, -0.05) is 13.0 Å². The van der Waals surface area contributed by atoms with Gasteiger partial charge in [0.25, 0.3) is 0 Å². The molecule has 0 aromatic heterocycles. The standard InChI is InChI=1S/C19H13F9N2O/c1-14-5-7-15(8-6-14,18(25,26)17(14,23)24)19(27,28)31-12-4-3-11(16(20,21)22)13(30-2)10(12)9-29/h3-4H,5-8H2,1H3. The Hall–Kier alpha value is -2.63. The minimum Gasteiger partial charge on any atom is -0.432 e. The fraction of sp³-hybridized carbons (Fsp3) is 0.579. The predicted octanol–water partition coefficient (Wildman–Crippen LogP) is 6.95. The van der Waals surface area contributed by atoms with E-state index in [2.05, 4.69) is 9.58 Å². The molecule has 12 heteroatoms. The summed E-state index contributed by atoms with van der Waals surface area (Å²) < 4.78 is 132. The van der Waals surface area contributed by atoms with Gasteiger partial charge in [0.05, 0.1) is 18.2 Å². The third-order valence-electron chi connectivity index (χ3n) is 6.42. The van der Waals surface area contributed by atoms with Gasteiger partial charge in [-0.3, -0.25) is 0 Å². The highest BCUT2D eigenvalue weighted by molar-refractivity contribution is 5.69. The van der Waals surface area contributed by atoms with Gasteiger partial charge in [0.2, 0.25) is 5.69 Å². The zero-order chi connectivity index (χ0) is 23.7. The zero-order valence-electron chi connectivity index (χ0n) is 15.7. The summed E-state index contributed by atoms with van der Waals surface area (Å²) in [4.78, 5) is 2.53. The number of hydrogen-bond donors (Lipinski definition) is 0. The summed E-state index contributed by atoms with van der Waals surface area (Å²) in [5, 5.41) is 9.12. The molecule has 0 radical (unpaired) electrons. The largest absolute Gasteiger partial charge is 0.432 e. The van der Waals surface area contributed by atoms with Crippen molar-refractivity contribution in [2.75, 3.05) is 0 Å². The molecule has 3 nitrogen and oxygen atoms in total. The molecule has 0 spiro atoms. The Morgan fingerprint density at radius 3 is 2.00 bits per heavy atom. The van der Waals surface area contributed by atoms with Gasteiger partial charge in [0.15, 0.2) is 0 Å². The van der Waals surface area contributed by atoms with Crippen molar-refractivity contribution >= 4 is 5.69 Å². The molecule has 3 aliphatic carbocycles. The van der Waals surface area contributed by atoms with Gasteiger partial charge in [-0.2, -0.15) is 44.8 Å². The maximum atomic E-state index is 15.1. The molecule has 2 bridgehead atoms. The van der Waals surface area contributed by atoms with Crippen molar-refractivity contribution in [2.45, 2.75) is 56.7 Å². The van der Waals surface area contributed by atoms with E-state index in [1.165, 1.54) is 0 Å². The van der Waals surface area contributed by atoms with Gasteiger partial charge in [0, 0.05) is 5.41 Å². The molecule has 3 saturated carbocycles. The van der Waals surface area contributed by atoms with Crippen LogP contribution in [0.4, 0.5) is 45.2 Å². The number of hydrogen-bond acceptors (Lipinski definition) is 2. The molecule has 31 heavy (non-hydrogen) atoms. The maximum Gasteiger partial charge on any atom is 0.409 e. The second-order valence-electron chi connectivity index (χ2n) is 7.97. The van der Waals surface area contributed by atoms with E-state index in [1.807, 2.05) is 0 Å². The molecule has 3 aliphatic rings. The molecule has 3 fully saturated rings. The summed E-state index contributed by atoms with van der Waals surface area (Å²) in [6.45, 7) is 7.75. The predicted molar refractivity (Wildman–Crippen MR) is 86.9 cm³/mol. The van der Waals surface area contributed by atoms with Crippen LogP contribution in [0.25, 0.3) is 4.85 Å². The monoisotopic (exact) mass is 456 g/mol. The van der Waals surface area contributed by atoms with Crippen LogP contribution in [-0.4, -0.2) is 18.0 Å². The number of nitrogens with zero attached hydrogens (tertiary/aromatic N) is 2. The van der Waals surface area contributed by atoms with Gasteiger partial charge in [-0.05, 0) is 31.7 Å². The smallest absolute Gasteiger partial charge is 0.409 e. The second kappa shape index (κ2) is 6.44. The summed E-state index contributed by atoms with van der Waals surface area (Å²) in [5.74, 6) is -11.3. The van der Waals surface area contributed by atoms with E-state index in [4.69, 9.17) is 11.8 Å². The first-order valence-corrected chi connectivity index (χ1v) is 8.85. The Morgan fingerprint density at radius 1 is 1.00 bits per heavy atom. The van der Waals surface area contributed by atoms with Crippen molar-refractivity contribution in [3.8, 4) is 11.8 Å². The molecular weight excluding hydrogens is 443 g/mol. The van der Waals surface area contributed by atoms with Crippen LogP contribution in [0.15, 0.2) is 12.1 Å². The first kappa shape index (κ1) is 23.0. The fourth-order valence-electron chi connectivity index (χ4n) is 4.36. The summed E-state index contributed by atoms with van der Waals surface area (Å²) in [6, 6.07) is 1.60. The average molecular weight is 456 g/mol. The Kier molecular flexibility index (Phi) is 4.79. The van der Waals surface area contributed by atoms with Crippen molar-refractivity contribution in [2.24, 2.45) is 10.8 Å².